The van der Waals surface area contributed by atoms with Crippen molar-refractivity contribution in [2.75, 3.05) is 36.4 Å². The van der Waals surface area contributed by atoms with Crippen LogP contribution in [0.2, 0.25) is 0 Å². The summed E-state index contributed by atoms with van der Waals surface area (Å²) in [6.07, 6.45) is 2.91. The molecular weight excluding hydrogens is 358 g/mol. The van der Waals surface area contributed by atoms with Crippen LogP contribution < -0.4 is 10.2 Å². The number of ether oxygens (including phenoxy) is 1. The quantitative estimate of drug-likeness (QED) is 0.877. The Balaban J connectivity index is 1.54. The molecule has 1 N–H and O–H groups in total. The van der Waals surface area contributed by atoms with Gasteiger partial charge in [-0.15, -0.1) is 0 Å². The minimum Gasteiger partial charge on any atom is -0.444 e. The SMILES string of the molecule is CC(C)(C)OC(=O)Nc1ccc(C(=O)N2CCN(c3ncccn3)CC2)cc1. The second-order valence-electron chi connectivity index (χ2n) is 7.53. The molecule has 1 saturated heterocycles. The molecule has 2 amide bonds. The monoisotopic (exact) mass is 383 g/mol. The smallest absolute Gasteiger partial charge is 0.412 e. The lowest BCUT2D eigenvalue weighted by Crippen LogP contribution is -2.49. The van der Waals surface area contributed by atoms with E-state index in [9.17, 15) is 9.59 Å². The molecule has 3 rings (SSSR count). The van der Waals surface area contributed by atoms with Crippen molar-refractivity contribution >= 4 is 23.6 Å². The van der Waals surface area contributed by atoms with E-state index in [1.807, 2.05) is 4.90 Å². The maximum absolute atomic E-state index is 12.7. The number of nitrogens with zero attached hydrogens (tertiary/aromatic N) is 4. The van der Waals surface area contributed by atoms with E-state index in [1.165, 1.54) is 0 Å². The van der Waals surface area contributed by atoms with Gasteiger partial charge in [0, 0.05) is 49.8 Å². The van der Waals surface area contributed by atoms with Gasteiger partial charge in [0.1, 0.15) is 5.60 Å². The van der Waals surface area contributed by atoms with E-state index >= 15 is 0 Å². The fourth-order valence-electron chi connectivity index (χ4n) is 2.86. The molecule has 0 radical (unpaired) electrons. The zero-order chi connectivity index (χ0) is 20.1. The van der Waals surface area contributed by atoms with E-state index in [0.29, 0.717) is 43.4 Å². The van der Waals surface area contributed by atoms with Gasteiger partial charge in [0.25, 0.3) is 5.91 Å². The van der Waals surface area contributed by atoms with Crippen molar-refractivity contribution < 1.29 is 14.3 Å². The number of hydrogen-bond donors (Lipinski definition) is 1. The first kappa shape index (κ1) is 19.6. The largest absolute Gasteiger partial charge is 0.444 e. The number of amides is 2. The molecule has 0 unspecified atom stereocenters. The Hall–Kier alpha value is -3.16. The summed E-state index contributed by atoms with van der Waals surface area (Å²) in [7, 11) is 0. The number of rotatable bonds is 3. The molecule has 1 aromatic heterocycles. The zero-order valence-corrected chi connectivity index (χ0v) is 16.4. The van der Waals surface area contributed by atoms with Crippen molar-refractivity contribution in [2.45, 2.75) is 26.4 Å². The van der Waals surface area contributed by atoms with Gasteiger partial charge >= 0.3 is 6.09 Å². The maximum Gasteiger partial charge on any atom is 0.412 e. The van der Waals surface area contributed by atoms with Gasteiger partial charge in [0.2, 0.25) is 5.95 Å². The lowest BCUT2D eigenvalue weighted by Gasteiger charge is -2.34. The van der Waals surface area contributed by atoms with Gasteiger partial charge < -0.3 is 14.5 Å². The Bertz CT molecular complexity index is 810. The van der Waals surface area contributed by atoms with E-state index in [2.05, 4.69) is 20.2 Å². The number of carbonyl (C=O) groups is 2. The molecule has 8 heteroatoms. The fourth-order valence-corrected chi connectivity index (χ4v) is 2.86. The normalized spacial score (nSPS) is 14.5. The standard InChI is InChI=1S/C20H25N5O3/c1-20(2,3)28-19(27)23-16-7-5-15(6-8-16)17(26)24-11-13-25(14-12-24)18-21-9-4-10-22-18/h4-10H,11-14H2,1-3H3,(H,23,27). The summed E-state index contributed by atoms with van der Waals surface area (Å²) in [5.74, 6) is 0.657. The van der Waals surface area contributed by atoms with Crippen LogP contribution in [-0.4, -0.2) is 58.6 Å². The number of piperazine rings is 1. The number of carbonyl (C=O) groups excluding carboxylic acids is 2. The third kappa shape index (κ3) is 5.18. The minimum atomic E-state index is -0.563. The number of aromatic nitrogens is 2. The molecule has 0 saturated carbocycles. The molecule has 1 aliphatic heterocycles. The van der Waals surface area contributed by atoms with Crippen molar-refractivity contribution in [2.24, 2.45) is 0 Å². The molecule has 0 spiro atoms. The predicted molar refractivity (Wildman–Crippen MR) is 106 cm³/mol. The van der Waals surface area contributed by atoms with Gasteiger partial charge in [-0.05, 0) is 51.1 Å². The van der Waals surface area contributed by atoms with Crippen LogP contribution in [0.25, 0.3) is 0 Å². The summed E-state index contributed by atoms with van der Waals surface area (Å²) in [4.78, 5) is 36.9. The van der Waals surface area contributed by atoms with E-state index in [-0.39, 0.29) is 5.91 Å². The van der Waals surface area contributed by atoms with Crippen LogP contribution in [0.4, 0.5) is 16.4 Å². The van der Waals surface area contributed by atoms with E-state index in [0.717, 1.165) is 0 Å². The highest BCUT2D eigenvalue weighted by molar-refractivity contribution is 5.95. The van der Waals surface area contributed by atoms with Gasteiger partial charge in [-0.3, -0.25) is 10.1 Å². The second kappa shape index (κ2) is 8.24. The van der Waals surface area contributed by atoms with Gasteiger partial charge in [0.05, 0.1) is 0 Å². The molecule has 148 valence electrons. The zero-order valence-electron chi connectivity index (χ0n) is 16.4. The van der Waals surface area contributed by atoms with E-state index < -0.39 is 11.7 Å². The Morgan fingerprint density at radius 2 is 1.61 bits per heavy atom. The Labute approximate surface area is 164 Å². The van der Waals surface area contributed by atoms with Gasteiger partial charge in [-0.1, -0.05) is 0 Å². The van der Waals surface area contributed by atoms with Crippen LogP contribution >= 0.6 is 0 Å². The van der Waals surface area contributed by atoms with Crippen molar-refractivity contribution in [3.8, 4) is 0 Å². The van der Waals surface area contributed by atoms with Gasteiger partial charge in [-0.2, -0.15) is 0 Å². The summed E-state index contributed by atoms with van der Waals surface area (Å²) in [6, 6.07) is 8.60. The first-order chi connectivity index (χ1) is 13.3. The maximum atomic E-state index is 12.7. The van der Waals surface area contributed by atoms with Crippen molar-refractivity contribution in [1.29, 1.82) is 0 Å². The van der Waals surface area contributed by atoms with Gasteiger partial charge in [0.15, 0.2) is 0 Å². The highest BCUT2D eigenvalue weighted by Crippen LogP contribution is 2.16. The van der Waals surface area contributed by atoms with E-state index in [1.54, 1.807) is 63.5 Å². The molecule has 1 fully saturated rings. The van der Waals surface area contributed by atoms with Crippen molar-refractivity contribution in [3.05, 3.63) is 48.3 Å². The third-order valence-corrected chi connectivity index (χ3v) is 4.18. The first-order valence-corrected chi connectivity index (χ1v) is 9.23. The Morgan fingerprint density at radius 1 is 1.00 bits per heavy atom. The summed E-state index contributed by atoms with van der Waals surface area (Å²) in [6.45, 7) is 8.00. The van der Waals surface area contributed by atoms with Crippen molar-refractivity contribution in [3.63, 3.8) is 0 Å². The first-order valence-electron chi connectivity index (χ1n) is 9.23. The van der Waals surface area contributed by atoms with Crippen LogP contribution in [0.3, 0.4) is 0 Å². The summed E-state index contributed by atoms with van der Waals surface area (Å²) in [5, 5.41) is 2.66. The minimum absolute atomic E-state index is 0.0301. The molecule has 2 aromatic rings. The molecule has 1 aliphatic rings. The van der Waals surface area contributed by atoms with Crippen LogP contribution in [0.5, 0.6) is 0 Å². The van der Waals surface area contributed by atoms with Crippen LogP contribution in [0.15, 0.2) is 42.7 Å². The Kier molecular flexibility index (Phi) is 5.77. The molecule has 1 aromatic carbocycles. The average molecular weight is 383 g/mol. The lowest BCUT2D eigenvalue weighted by atomic mass is 10.1. The molecule has 28 heavy (non-hydrogen) atoms. The number of nitrogens with one attached hydrogen (secondary N) is 1. The average Bonchev–Trinajstić information content (AvgIpc) is 2.67. The summed E-state index contributed by atoms with van der Waals surface area (Å²) < 4.78 is 5.22. The fraction of sp³-hybridized carbons (Fsp3) is 0.400. The topological polar surface area (TPSA) is 87.7 Å². The molecule has 0 bridgehead atoms. The molecule has 2 heterocycles. The van der Waals surface area contributed by atoms with E-state index in [4.69, 9.17) is 4.74 Å². The molecule has 8 nitrogen and oxygen atoms in total. The molecular formula is C20H25N5O3. The van der Waals surface area contributed by atoms with Crippen LogP contribution in [-0.2, 0) is 4.74 Å². The third-order valence-electron chi connectivity index (χ3n) is 4.18. The predicted octanol–water partition coefficient (Wildman–Crippen LogP) is 2.79. The number of benzene rings is 1. The lowest BCUT2D eigenvalue weighted by molar-refractivity contribution is 0.0635. The molecule has 0 atom stereocenters. The Morgan fingerprint density at radius 3 is 2.18 bits per heavy atom. The van der Waals surface area contributed by atoms with Gasteiger partial charge in [-0.25, -0.2) is 14.8 Å². The van der Waals surface area contributed by atoms with Crippen molar-refractivity contribution in [1.82, 2.24) is 14.9 Å². The second-order valence-corrected chi connectivity index (χ2v) is 7.53. The summed E-state index contributed by atoms with van der Waals surface area (Å²) >= 11 is 0. The highest BCUT2D eigenvalue weighted by Gasteiger charge is 2.23. The number of hydrogen-bond acceptors (Lipinski definition) is 6. The molecule has 0 aliphatic carbocycles. The number of anilines is 2. The van der Waals surface area contributed by atoms with Crippen LogP contribution in [0, 0.1) is 0 Å². The highest BCUT2D eigenvalue weighted by atomic mass is 16.6. The van der Waals surface area contributed by atoms with Crippen LogP contribution in [0.1, 0.15) is 31.1 Å². The summed E-state index contributed by atoms with van der Waals surface area (Å²) in [5.41, 5.74) is 0.600.